The first-order chi connectivity index (χ1) is 14.4. The summed E-state index contributed by atoms with van der Waals surface area (Å²) in [6, 6.07) is 12.3. The number of aromatic nitrogens is 4. The first-order valence-corrected chi connectivity index (χ1v) is 9.78. The zero-order valence-electron chi connectivity index (χ0n) is 16.7. The molecule has 0 aliphatic heterocycles. The number of ether oxygens (including phenoxy) is 1. The SMILES string of the molecule is COc1ccc(Cl)cc1NC(=O)Cn1c(=O)c2nnc(C(C)C)n2c2ccccc21. The topological polar surface area (TPSA) is 90.5 Å². The van der Waals surface area contributed by atoms with Crippen LogP contribution < -0.4 is 15.6 Å². The molecule has 4 aromatic rings. The molecule has 0 atom stereocenters. The number of carbonyl (C=O) groups excluding carboxylic acids is 1. The lowest BCUT2D eigenvalue weighted by atomic mass is 10.2. The van der Waals surface area contributed by atoms with Crippen molar-refractivity contribution in [1.29, 1.82) is 0 Å². The maximum absolute atomic E-state index is 13.2. The summed E-state index contributed by atoms with van der Waals surface area (Å²) < 4.78 is 8.42. The van der Waals surface area contributed by atoms with E-state index in [-0.39, 0.29) is 23.7 Å². The molecule has 0 spiro atoms. The molecular weight excluding hydrogens is 406 g/mol. The first-order valence-electron chi connectivity index (χ1n) is 9.40. The first kappa shape index (κ1) is 19.9. The number of methoxy groups -OCH3 is 1. The Kier molecular flexibility index (Phi) is 5.17. The molecule has 8 nitrogen and oxygen atoms in total. The molecule has 0 radical (unpaired) electrons. The summed E-state index contributed by atoms with van der Waals surface area (Å²) in [7, 11) is 1.50. The van der Waals surface area contributed by atoms with Crippen LogP contribution in [0.1, 0.15) is 25.6 Å². The number of nitrogens with one attached hydrogen (secondary N) is 1. The van der Waals surface area contributed by atoms with Gasteiger partial charge in [0.05, 0.1) is 23.8 Å². The molecule has 2 aromatic heterocycles. The van der Waals surface area contributed by atoms with Gasteiger partial charge in [-0.05, 0) is 30.3 Å². The number of nitrogens with zero attached hydrogens (tertiary/aromatic N) is 4. The lowest BCUT2D eigenvalue weighted by Crippen LogP contribution is -2.29. The normalized spacial score (nSPS) is 11.4. The molecule has 0 fully saturated rings. The second-order valence-electron chi connectivity index (χ2n) is 7.14. The Bertz CT molecular complexity index is 1330. The maximum atomic E-state index is 13.2. The van der Waals surface area contributed by atoms with Crippen molar-refractivity contribution >= 4 is 39.9 Å². The van der Waals surface area contributed by atoms with Crippen LogP contribution in [0.2, 0.25) is 5.02 Å². The van der Waals surface area contributed by atoms with Gasteiger partial charge in [-0.15, -0.1) is 10.2 Å². The minimum Gasteiger partial charge on any atom is -0.495 e. The summed E-state index contributed by atoms with van der Waals surface area (Å²) in [5, 5.41) is 11.5. The molecule has 2 aromatic carbocycles. The van der Waals surface area contributed by atoms with Gasteiger partial charge in [-0.1, -0.05) is 37.6 Å². The number of para-hydroxylation sites is 2. The number of halogens is 1. The van der Waals surface area contributed by atoms with Gasteiger partial charge in [0.1, 0.15) is 18.1 Å². The molecule has 154 valence electrons. The second-order valence-corrected chi connectivity index (χ2v) is 7.58. The van der Waals surface area contributed by atoms with E-state index in [2.05, 4.69) is 15.5 Å². The van der Waals surface area contributed by atoms with Crippen LogP contribution in [0.4, 0.5) is 5.69 Å². The molecule has 0 saturated carbocycles. The fraction of sp³-hybridized carbons (Fsp3) is 0.238. The van der Waals surface area contributed by atoms with E-state index in [1.807, 2.05) is 32.0 Å². The Labute approximate surface area is 177 Å². The molecule has 1 N–H and O–H groups in total. The highest BCUT2D eigenvalue weighted by Crippen LogP contribution is 2.27. The highest BCUT2D eigenvalue weighted by molar-refractivity contribution is 6.31. The Morgan fingerprint density at radius 3 is 2.60 bits per heavy atom. The van der Waals surface area contributed by atoms with Crippen LogP contribution in [0.15, 0.2) is 47.3 Å². The lowest BCUT2D eigenvalue weighted by Gasteiger charge is -2.14. The summed E-state index contributed by atoms with van der Waals surface area (Å²) in [5.74, 6) is 0.853. The van der Waals surface area contributed by atoms with E-state index in [4.69, 9.17) is 16.3 Å². The van der Waals surface area contributed by atoms with Crippen molar-refractivity contribution < 1.29 is 9.53 Å². The van der Waals surface area contributed by atoms with Gasteiger partial charge in [0.2, 0.25) is 11.6 Å². The number of hydrogen-bond donors (Lipinski definition) is 1. The highest BCUT2D eigenvalue weighted by Gasteiger charge is 2.19. The van der Waals surface area contributed by atoms with Gasteiger partial charge in [-0.25, -0.2) is 0 Å². The largest absolute Gasteiger partial charge is 0.495 e. The van der Waals surface area contributed by atoms with Crippen LogP contribution in [0.5, 0.6) is 5.75 Å². The van der Waals surface area contributed by atoms with Crippen LogP contribution in [-0.4, -0.2) is 32.2 Å². The average molecular weight is 426 g/mol. The minimum absolute atomic E-state index is 0.0808. The van der Waals surface area contributed by atoms with Crippen molar-refractivity contribution in [3.63, 3.8) is 0 Å². The van der Waals surface area contributed by atoms with E-state index in [1.165, 1.54) is 11.7 Å². The summed E-state index contributed by atoms with van der Waals surface area (Å²) in [6.07, 6.45) is 0. The van der Waals surface area contributed by atoms with E-state index in [9.17, 15) is 9.59 Å². The maximum Gasteiger partial charge on any atom is 0.297 e. The van der Waals surface area contributed by atoms with E-state index in [0.717, 1.165) is 5.52 Å². The molecule has 30 heavy (non-hydrogen) atoms. The Morgan fingerprint density at radius 2 is 1.90 bits per heavy atom. The summed E-state index contributed by atoms with van der Waals surface area (Å²) in [5.41, 5.74) is 1.60. The van der Waals surface area contributed by atoms with Crippen molar-refractivity contribution in [1.82, 2.24) is 19.2 Å². The molecule has 0 saturated heterocycles. The molecule has 0 aliphatic rings. The number of benzene rings is 2. The third-order valence-electron chi connectivity index (χ3n) is 4.79. The molecule has 0 bridgehead atoms. The van der Waals surface area contributed by atoms with E-state index >= 15 is 0 Å². The van der Waals surface area contributed by atoms with Crippen molar-refractivity contribution in [2.24, 2.45) is 0 Å². The lowest BCUT2D eigenvalue weighted by molar-refractivity contribution is -0.116. The van der Waals surface area contributed by atoms with Crippen LogP contribution >= 0.6 is 11.6 Å². The van der Waals surface area contributed by atoms with Gasteiger partial charge in [-0.2, -0.15) is 0 Å². The molecule has 1 amide bonds. The van der Waals surface area contributed by atoms with Crippen LogP contribution in [0, 0.1) is 0 Å². The Hall–Kier alpha value is -3.39. The summed E-state index contributed by atoms with van der Waals surface area (Å²) in [4.78, 5) is 26.0. The number of hydrogen-bond acceptors (Lipinski definition) is 5. The van der Waals surface area contributed by atoms with E-state index in [0.29, 0.717) is 27.8 Å². The van der Waals surface area contributed by atoms with Gasteiger partial charge in [-0.3, -0.25) is 18.6 Å². The Balaban J connectivity index is 1.80. The van der Waals surface area contributed by atoms with Gasteiger partial charge < -0.3 is 10.1 Å². The molecule has 0 unspecified atom stereocenters. The summed E-state index contributed by atoms with van der Waals surface area (Å²) in [6.45, 7) is 3.78. The van der Waals surface area contributed by atoms with Crippen LogP contribution in [-0.2, 0) is 11.3 Å². The van der Waals surface area contributed by atoms with Crippen molar-refractivity contribution in [2.75, 3.05) is 12.4 Å². The number of amides is 1. The smallest absolute Gasteiger partial charge is 0.297 e. The fourth-order valence-corrected chi connectivity index (χ4v) is 3.60. The van der Waals surface area contributed by atoms with Crippen molar-refractivity contribution in [3.8, 4) is 5.75 Å². The third-order valence-corrected chi connectivity index (χ3v) is 5.03. The zero-order valence-corrected chi connectivity index (χ0v) is 17.5. The van der Waals surface area contributed by atoms with Gasteiger partial charge >= 0.3 is 0 Å². The molecule has 9 heteroatoms. The average Bonchev–Trinajstić information content (AvgIpc) is 3.17. The highest BCUT2D eigenvalue weighted by atomic mass is 35.5. The zero-order chi connectivity index (χ0) is 21.4. The molecular formula is C21H20ClN5O3. The minimum atomic E-state index is -0.393. The number of rotatable bonds is 5. The van der Waals surface area contributed by atoms with Gasteiger partial charge in [0.25, 0.3) is 5.56 Å². The standard InChI is InChI=1S/C21H20ClN5O3/c1-12(2)19-24-25-20-21(29)26(15-6-4-5-7-16(15)27(19)20)11-18(28)23-14-10-13(22)8-9-17(14)30-3/h4-10,12H,11H2,1-3H3,(H,23,28). The predicted molar refractivity (Wildman–Crippen MR) is 115 cm³/mol. The van der Waals surface area contributed by atoms with Crippen LogP contribution in [0.3, 0.4) is 0 Å². The monoisotopic (exact) mass is 425 g/mol. The summed E-state index contributed by atoms with van der Waals surface area (Å²) >= 11 is 6.03. The number of anilines is 1. The van der Waals surface area contributed by atoms with E-state index < -0.39 is 5.91 Å². The third kappa shape index (κ3) is 3.39. The molecule has 0 aliphatic carbocycles. The van der Waals surface area contributed by atoms with Gasteiger partial charge in [0.15, 0.2) is 0 Å². The second kappa shape index (κ2) is 7.79. The van der Waals surface area contributed by atoms with Crippen molar-refractivity contribution in [3.05, 3.63) is 63.7 Å². The quantitative estimate of drug-likeness (QED) is 0.528. The number of fused-ring (bicyclic) bond motifs is 3. The fourth-order valence-electron chi connectivity index (χ4n) is 3.43. The van der Waals surface area contributed by atoms with Gasteiger partial charge in [0, 0.05) is 10.9 Å². The van der Waals surface area contributed by atoms with E-state index in [1.54, 1.807) is 28.7 Å². The predicted octanol–water partition coefficient (Wildman–Crippen LogP) is 3.47. The van der Waals surface area contributed by atoms with Crippen molar-refractivity contribution in [2.45, 2.75) is 26.3 Å². The molecule has 2 heterocycles. The Morgan fingerprint density at radius 1 is 1.17 bits per heavy atom. The van der Waals surface area contributed by atoms with Crippen LogP contribution in [0.25, 0.3) is 16.7 Å². The number of carbonyl (C=O) groups is 1. The molecule has 4 rings (SSSR count).